The molecule has 132 valence electrons. The summed E-state index contributed by atoms with van der Waals surface area (Å²) in [6, 6.07) is 6.00. The van der Waals surface area contributed by atoms with E-state index in [0.29, 0.717) is 32.5 Å². The number of aliphatic imine (C=N–C) groups is 1. The topological polar surface area (TPSA) is 69.9 Å². The molecule has 1 saturated heterocycles. The molecule has 0 saturated carbocycles. The van der Waals surface area contributed by atoms with Crippen molar-refractivity contribution in [3.8, 4) is 0 Å². The van der Waals surface area contributed by atoms with Gasteiger partial charge in [-0.15, -0.1) is 0 Å². The molecule has 1 amide bonds. The van der Waals surface area contributed by atoms with Gasteiger partial charge in [-0.2, -0.15) is 0 Å². The van der Waals surface area contributed by atoms with Crippen molar-refractivity contribution < 1.29 is 9.90 Å². The van der Waals surface area contributed by atoms with Gasteiger partial charge in [0.1, 0.15) is 5.84 Å². The SMILES string of the molecule is O=C(c1cn(CC2=NCCN2)c2cc(Br)ccc12)N1CCC(O)CC1. The third-order valence-corrected chi connectivity index (χ3v) is 5.38. The van der Waals surface area contributed by atoms with Crippen LogP contribution in [0.25, 0.3) is 10.9 Å². The number of hydrogen-bond donors (Lipinski definition) is 2. The van der Waals surface area contributed by atoms with Crippen LogP contribution < -0.4 is 5.32 Å². The molecule has 2 N–H and O–H groups in total. The van der Waals surface area contributed by atoms with E-state index in [0.717, 1.165) is 39.9 Å². The zero-order valence-corrected chi connectivity index (χ0v) is 15.5. The van der Waals surface area contributed by atoms with E-state index >= 15 is 0 Å². The fourth-order valence-electron chi connectivity index (χ4n) is 3.52. The Labute approximate surface area is 154 Å². The fraction of sp³-hybridized carbons (Fsp3) is 0.444. The number of benzene rings is 1. The monoisotopic (exact) mass is 404 g/mol. The number of aromatic nitrogens is 1. The maximum atomic E-state index is 13.0. The molecule has 1 aromatic heterocycles. The van der Waals surface area contributed by atoms with Gasteiger partial charge in [-0.3, -0.25) is 9.79 Å². The van der Waals surface area contributed by atoms with Crippen molar-refractivity contribution >= 4 is 38.6 Å². The van der Waals surface area contributed by atoms with E-state index in [1.54, 1.807) is 0 Å². The summed E-state index contributed by atoms with van der Waals surface area (Å²) in [6.45, 7) is 3.54. The molecule has 0 atom stereocenters. The minimum absolute atomic E-state index is 0.0410. The summed E-state index contributed by atoms with van der Waals surface area (Å²) < 4.78 is 3.07. The number of hydrogen-bond acceptors (Lipinski definition) is 4. The second-order valence-corrected chi connectivity index (χ2v) is 7.53. The van der Waals surface area contributed by atoms with Crippen molar-refractivity contribution in [1.82, 2.24) is 14.8 Å². The lowest BCUT2D eigenvalue weighted by molar-refractivity contribution is 0.0548. The van der Waals surface area contributed by atoms with Crippen LogP contribution in [0.1, 0.15) is 23.2 Å². The normalized spacial score (nSPS) is 18.5. The van der Waals surface area contributed by atoms with Crippen molar-refractivity contribution in [2.75, 3.05) is 26.2 Å². The number of nitrogens with zero attached hydrogens (tertiary/aromatic N) is 3. The van der Waals surface area contributed by atoms with E-state index in [2.05, 4.69) is 30.8 Å². The van der Waals surface area contributed by atoms with Gasteiger partial charge in [-0.25, -0.2) is 0 Å². The number of amides is 1. The molecule has 4 rings (SSSR count). The molecule has 0 spiro atoms. The Bertz CT molecular complexity index is 837. The summed E-state index contributed by atoms with van der Waals surface area (Å²) in [5, 5.41) is 13.9. The molecule has 2 aliphatic rings. The van der Waals surface area contributed by atoms with E-state index < -0.39 is 0 Å². The third kappa shape index (κ3) is 3.30. The first kappa shape index (κ1) is 16.6. The summed E-state index contributed by atoms with van der Waals surface area (Å²) in [5.74, 6) is 0.997. The van der Waals surface area contributed by atoms with Crippen molar-refractivity contribution in [3.63, 3.8) is 0 Å². The third-order valence-electron chi connectivity index (χ3n) is 4.89. The molecule has 3 heterocycles. The second-order valence-electron chi connectivity index (χ2n) is 6.61. The van der Waals surface area contributed by atoms with E-state index in [4.69, 9.17) is 0 Å². The van der Waals surface area contributed by atoms with Crippen LogP contribution in [-0.2, 0) is 6.54 Å². The predicted octanol–water partition coefficient (Wildman–Crippen LogP) is 2.00. The van der Waals surface area contributed by atoms with Crippen LogP contribution in [0.4, 0.5) is 0 Å². The van der Waals surface area contributed by atoms with Crippen LogP contribution >= 0.6 is 15.9 Å². The van der Waals surface area contributed by atoms with Crippen LogP contribution in [-0.4, -0.2) is 58.6 Å². The van der Waals surface area contributed by atoms with Gasteiger partial charge in [0.05, 0.1) is 30.3 Å². The van der Waals surface area contributed by atoms with Crippen LogP contribution in [0.15, 0.2) is 33.9 Å². The molecule has 6 nitrogen and oxygen atoms in total. The molecule has 1 aromatic carbocycles. The predicted molar refractivity (Wildman–Crippen MR) is 101 cm³/mol. The Balaban J connectivity index is 1.69. The van der Waals surface area contributed by atoms with Gasteiger partial charge >= 0.3 is 0 Å². The number of nitrogens with one attached hydrogen (secondary N) is 1. The average Bonchev–Trinajstić information content (AvgIpc) is 3.24. The number of halogens is 1. The smallest absolute Gasteiger partial charge is 0.256 e. The van der Waals surface area contributed by atoms with Crippen molar-refractivity contribution in [2.24, 2.45) is 4.99 Å². The first-order valence-electron chi connectivity index (χ1n) is 8.65. The Morgan fingerprint density at radius 3 is 2.88 bits per heavy atom. The van der Waals surface area contributed by atoms with Gasteiger partial charge in [0.25, 0.3) is 5.91 Å². The largest absolute Gasteiger partial charge is 0.393 e. The molecule has 1 fully saturated rings. The van der Waals surface area contributed by atoms with E-state index in [-0.39, 0.29) is 12.0 Å². The number of rotatable bonds is 3. The summed E-state index contributed by atoms with van der Waals surface area (Å²) in [5.41, 5.74) is 1.74. The number of aliphatic hydroxyl groups excluding tert-OH is 1. The van der Waals surface area contributed by atoms with E-state index in [1.165, 1.54) is 0 Å². The van der Waals surface area contributed by atoms with E-state index in [9.17, 15) is 9.90 Å². The van der Waals surface area contributed by atoms with Gasteiger partial charge in [-0.1, -0.05) is 22.0 Å². The van der Waals surface area contributed by atoms with Crippen molar-refractivity contribution in [1.29, 1.82) is 0 Å². The van der Waals surface area contributed by atoms with Gasteiger partial charge in [0, 0.05) is 35.7 Å². The summed E-state index contributed by atoms with van der Waals surface area (Å²) in [4.78, 5) is 19.3. The van der Waals surface area contributed by atoms with Crippen molar-refractivity contribution in [3.05, 3.63) is 34.4 Å². The minimum Gasteiger partial charge on any atom is -0.393 e. The zero-order chi connectivity index (χ0) is 17.4. The first-order chi connectivity index (χ1) is 12.1. The number of likely N-dealkylation sites (tertiary alicyclic amines) is 1. The van der Waals surface area contributed by atoms with Gasteiger partial charge in [-0.05, 0) is 25.0 Å². The minimum atomic E-state index is -0.284. The second kappa shape index (κ2) is 6.80. The van der Waals surface area contributed by atoms with Crippen LogP contribution in [0.3, 0.4) is 0 Å². The summed E-state index contributed by atoms with van der Waals surface area (Å²) in [6.07, 6.45) is 2.95. The molecule has 2 aromatic rings. The standard InChI is InChI=1S/C18H21BrN4O2/c19-12-1-2-14-15(18(25)22-7-3-13(24)4-8-22)10-23(16(14)9-12)11-17-20-5-6-21-17/h1-2,9-10,13,24H,3-8,11H2,(H,20,21). The lowest BCUT2D eigenvalue weighted by atomic mass is 10.1. The van der Waals surface area contributed by atoms with Crippen LogP contribution in [0.5, 0.6) is 0 Å². The lowest BCUT2D eigenvalue weighted by Gasteiger charge is -2.29. The molecular formula is C18H21BrN4O2. The number of carbonyl (C=O) groups is 1. The highest BCUT2D eigenvalue weighted by Crippen LogP contribution is 2.27. The van der Waals surface area contributed by atoms with Gasteiger partial charge in [0.2, 0.25) is 0 Å². The number of aliphatic hydroxyl groups is 1. The number of carbonyl (C=O) groups excluding carboxylic acids is 1. The van der Waals surface area contributed by atoms with Gasteiger partial charge < -0.3 is 19.9 Å². The Morgan fingerprint density at radius 2 is 2.16 bits per heavy atom. The van der Waals surface area contributed by atoms with Crippen LogP contribution in [0, 0.1) is 0 Å². The Morgan fingerprint density at radius 1 is 1.36 bits per heavy atom. The van der Waals surface area contributed by atoms with Gasteiger partial charge in [0.15, 0.2) is 0 Å². The Kier molecular flexibility index (Phi) is 4.52. The van der Waals surface area contributed by atoms with Crippen LogP contribution in [0.2, 0.25) is 0 Å². The van der Waals surface area contributed by atoms with Crippen molar-refractivity contribution in [2.45, 2.75) is 25.5 Å². The maximum absolute atomic E-state index is 13.0. The highest BCUT2D eigenvalue weighted by Gasteiger charge is 2.25. The highest BCUT2D eigenvalue weighted by molar-refractivity contribution is 9.10. The molecule has 2 aliphatic heterocycles. The molecule has 0 bridgehead atoms. The van der Waals surface area contributed by atoms with E-state index in [1.807, 2.05) is 29.3 Å². The lowest BCUT2D eigenvalue weighted by Crippen LogP contribution is -2.40. The number of fused-ring (bicyclic) bond motifs is 1. The maximum Gasteiger partial charge on any atom is 0.256 e. The highest BCUT2D eigenvalue weighted by atomic mass is 79.9. The number of piperidine rings is 1. The summed E-state index contributed by atoms with van der Waals surface area (Å²) in [7, 11) is 0. The number of amidine groups is 1. The zero-order valence-electron chi connectivity index (χ0n) is 13.9. The summed E-state index contributed by atoms with van der Waals surface area (Å²) >= 11 is 3.53. The molecule has 25 heavy (non-hydrogen) atoms. The molecule has 0 unspecified atom stereocenters. The fourth-order valence-corrected chi connectivity index (χ4v) is 3.87. The molecule has 0 aliphatic carbocycles. The average molecular weight is 405 g/mol. The quantitative estimate of drug-likeness (QED) is 0.821. The molecule has 0 radical (unpaired) electrons. The molecular weight excluding hydrogens is 384 g/mol. The first-order valence-corrected chi connectivity index (χ1v) is 9.44. The Hall–Kier alpha value is -1.86. The molecule has 7 heteroatoms.